The van der Waals surface area contributed by atoms with E-state index in [0.29, 0.717) is 0 Å². The zero-order valence-electron chi connectivity index (χ0n) is 18.3. The highest BCUT2D eigenvalue weighted by molar-refractivity contribution is 5.85. The predicted molar refractivity (Wildman–Crippen MR) is 114 cm³/mol. The predicted octanol–water partition coefficient (Wildman–Crippen LogP) is 2.09. The Morgan fingerprint density at radius 2 is 1.12 bits per heavy atom. The Morgan fingerprint density at radius 1 is 0.697 bits per heavy atom. The van der Waals surface area contributed by atoms with Gasteiger partial charge in [-0.15, -0.1) is 0 Å². The summed E-state index contributed by atoms with van der Waals surface area (Å²) in [5.41, 5.74) is 1.52. The van der Waals surface area contributed by atoms with Gasteiger partial charge < -0.3 is 24.1 Å². The second-order valence-corrected chi connectivity index (χ2v) is 7.12. The Morgan fingerprint density at radius 3 is 1.58 bits per heavy atom. The number of aliphatic hydroxyl groups is 1. The summed E-state index contributed by atoms with van der Waals surface area (Å²) in [6.07, 6.45) is -5.18. The first-order valence-electron chi connectivity index (χ1n) is 10.3. The van der Waals surface area contributed by atoms with E-state index in [0.717, 1.165) is 11.1 Å². The molecule has 3 atom stereocenters. The number of rotatable bonds is 11. The molecule has 176 valence electrons. The van der Waals surface area contributed by atoms with Crippen molar-refractivity contribution in [3.8, 4) is 0 Å². The van der Waals surface area contributed by atoms with E-state index in [1.165, 1.54) is 13.8 Å². The van der Waals surface area contributed by atoms with Crippen molar-refractivity contribution in [2.45, 2.75) is 51.8 Å². The van der Waals surface area contributed by atoms with Crippen LogP contribution in [-0.2, 0) is 51.3 Å². The Kier molecular flexibility index (Phi) is 10.0. The van der Waals surface area contributed by atoms with Crippen molar-refractivity contribution in [1.29, 1.82) is 0 Å². The number of hydrogen-bond donors (Lipinski definition) is 1. The molecule has 0 saturated carbocycles. The molecule has 0 aromatic heterocycles. The second-order valence-electron chi connectivity index (χ2n) is 7.12. The number of carbonyl (C=O) groups excluding carboxylic acids is 4. The molecule has 0 aliphatic carbocycles. The van der Waals surface area contributed by atoms with E-state index in [9.17, 15) is 24.3 Å². The molecule has 9 heteroatoms. The standard InChI is InChI=1S/C24H26O9/c1-16(22(27)30-14-18-9-5-3-6-10-18)32-21(26)13-20(25)24(29)33-17(2)23(28)31-15-19-11-7-4-8-12-19/h3-12,16-17,20,25H,13-15H2,1-2H3. The summed E-state index contributed by atoms with van der Waals surface area (Å²) in [4.78, 5) is 47.8. The van der Waals surface area contributed by atoms with Gasteiger partial charge >= 0.3 is 23.9 Å². The monoisotopic (exact) mass is 458 g/mol. The van der Waals surface area contributed by atoms with E-state index in [2.05, 4.69) is 0 Å². The van der Waals surface area contributed by atoms with E-state index in [1.807, 2.05) is 12.1 Å². The molecule has 9 nitrogen and oxygen atoms in total. The van der Waals surface area contributed by atoms with Gasteiger partial charge in [-0.05, 0) is 25.0 Å². The lowest BCUT2D eigenvalue weighted by Gasteiger charge is -2.16. The maximum absolute atomic E-state index is 12.0. The summed E-state index contributed by atoms with van der Waals surface area (Å²) >= 11 is 0. The summed E-state index contributed by atoms with van der Waals surface area (Å²) in [5, 5.41) is 9.89. The molecule has 0 heterocycles. The van der Waals surface area contributed by atoms with Gasteiger partial charge in [0.1, 0.15) is 13.2 Å². The van der Waals surface area contributed by atoms with Crippen molar-refractivity contribution in [3.05, 3.63) is 71.8 Å². The number of carbonyl (C=O) groups is 4. The van der Waals surface area contributed by atoms with Gasteiger partial charge in [0.2, 0.25) is 0 Å². The van der Waals surface area contributed by atoms with Crippen LogP contribution in [0.1, 0.15) is 31.4 Å². The summed E-state index contributed by atoms with van der Waals surface area (Å²) in [6.45, 7) is 2.59. The topological polar surface area (TPSA) is 125 Å². The molecule has 2 aromatic rings. The molecule has 0 fully saturated rings. The SMILES string of the molecule is CC(OC(=O)CC(O)C(=O)OC(C)C(=O)OCc1ccccc1)C(=O)OCc1ccccc1. The zero-order chi connectivity index (χ0) is 24.2. The molecule has 0 bridgehead atoms. The number of ether oxygens (including phenoxy) is 4. The largest absolute Gasteiger partial charge is 0.458 e. The summed E-state index contributed by atoms with van der Waals surface area (Å²) in [5.74, 6) is -3.80. The quantitative estimate of drug-likeness (QED) is 0.398. The molecule has 2 aromatic carbocycles. The third-order valence-electron chi connectivity index (χ3n) is 4.34. The summed E-state index contributed by atoms with van der Waals surface area (Å²) in [6, 6.07) is 17.8. The fourth-order valence-electron chi connectivity index (χ4n) is 2.53. The number of benzene rings is 2. The highest BCUT2D eigenvalue weighted by Gasteiger charge is 2.28. The Labute approximate surface area is 191 Å². The van der Waals surface area contributed by atoms with Gasteiger partial charge in [0.15, 0.2) is 18.3 Å². The highest BCUT2D eigenvalue weighted by atomic mass is 16.6. The van der Waals surface area contributed by atoms with Gasteiger partial charge in [0.25, 0.3) is 0 Å². The normalized spacial score (nSPS) is 13.2. The highest BCUT2D eigenvalue weighted by Crippen LogP contribution is 2.08. The lowest BCUT2D eigenvalue weighted by atomic mass is 10.2. The first-order chi connectivity index (χ1) is 15.8. The molecular formula is C24H26O9. The lowest BCUT2D eigenvalue weighted by molar-refractivity contribution is -0.176. The van der Waals surface area contributed by atoms with Crippen molar-refractivity contribution in [3.63, 3.8) is 0 Å². The third-order valence-corrected chi connectivity index (χ3v) is 4.34. The molecule has 33 heavy (non-hydrogen) atoms. The smallest absolute Gasteiger partial charge is 0.347 e. The summed E-state index contributed by atoms with van der Waals surface area (Å²) < 4.78 is 19.8. The van der Waals surface area contributed by atoms with Crippen LogP contribution >= 0.6 is 0 Å². The van der Waals surface area contributed by atoms with Crippen molar-refractivity contribution in [2.24, 2.45) is 0 Å². The van der Waals surface area contributed by atoms with Crippen molar-refractivity contribution >= 4 is 23.9 Å². The molecule has 0 saturated heterocycles. The number of esters is 4. The first-order valence-corrected chi connectivity index (χ1v) is 10.3. The first kappa shape index (κ1) is 25.5. The minimum atomic E-state index is -1.88. The van der Waals surface area contributed by atoms with Crippen LogP contribution in [0.5, 0.6) is 0 Å². The molecule has 1 N–H and O–H groups in total. The average molecular weight is 458 g/mol. The van der Waals surface area contributed by atoms with E-state index >= 15 is 0 Å². The van der Waals surface area contributed by atoms with Gasteiger partial charge in [-0.25, -0.2) is 14.4 Å². The van der Waals surface area contributed by atoms with E-state index in [1.54, 1.807) is 48.5 Å². The van der Waals surface area contributed by atoms with Crippen molar-refractivity contribution in [2.75, 3.05) is 0 Å². The Hall–Kier alpha value is -3.72. The number of aliphatic hydroxyl groups excluding tert-OH is 1. The summed E-state index contributed by atoms with van der Waals surface area (Å²) in [7, 11) is 0. The van der Waals surface area contributed by atoms with Gasteiger partial charge in [0.05, 0.1) is 6.42 Å². The van der Waals surface area contributed by atoms with Crippen LogP contribution in [0.25, 0.3) is 0 Å². The molecule has 0 spiro atoms. The molecule has 0 amide bonds. The van der Waals surface area contributed by atoms with Crippen molar-refractivity contribution < 1.29 is 43.2 Å². The molecule has 2 rings (SSSR count). The molecular weight excluding hydrogens is 432 g/mol. The van der Waals surface area contributed by atoms with Gasteiger partial charge in [-0.3, -0.25) is 4.79 Å². The van der Waals surface area contributed by atoms with Crippen LogP contribution in [0.3, 0.4) is 0 Å². The average Bonchev–Trinajstić information content (AvgIpc) is 2.81. The Balaban J connectivity index is 1.70. The van der Waals surface area contributed by atoms with Gasteiger partial charge in [-0.2, -0.15) is 0 Å². The third kappa shape index (κ3) is 9.12. The molecule has 3 unspecified atom stereocenters. The van der Waals surface area contributed by atoms with Crippen LogP contribution in [0.2, 0.25) is 0 Å². The maximum atomic E-state index is 12.0. The fourth-order valence-corrected chi connectivity index (χ4v) is 2.53. The molecule has 0 aliphatic rings. The maximum Gasteiger partial charge on any atom is 0.347 e. The number of hydrogen-bond acceptors (Lipinski definition) is 9. The lowest BCUT2D eigenvalue weighted by Crippen LogP contribution is -2.34. The Bertz CT molecular complexity index is 927. The second kappa shape index (κ2) is 13.0. The van der Waals surface area contributed by atoms with E-state index < -0.39 is 48.6 Å². The van der Waals surface area contributed by atoms with Crippen LogP contribution in [-0.4, -0.2) is 47.3 Å². The van der Waals surface area contributed by atoms with E-state index in [4.69, 9.17) is 18.9 Å². The van der Waals surface area contributed by atoms with E-state index in [-0.39, 0.29) is 13.2 Å². The fraction of sp³-hybridized carbons (Fsp3) is 0.333. The van der Waals surface area contributed by atoms with Crippen LogP contribution in [0, 0.1) is 0 Å². The van der Waals surface area contributed by atoms with Crippen LogP contribution in [0.4, 0.5) is 0 Å². The molecule has 0 aliphatic heterocycles. The van der Waals surface area contributed by atoms with Crippen LogP contribution in [0.15, 0.2) is 60.7 Å². The van der Waals surface area contributed by atoms with Crippen LogP contribution < -0.4 is 0 Å². The zero-order valence-corrected chi connectivity index (χ0v) is 18.3. The minimum Gasteiger partial charge on any atom is -0.458 e. The van der Waals surface area contributed by atoms with Crippen molar-refractivity contribution in [1.82, 2.24) is 0 Å². The minimum absolute atomic E-state index is 0.00525. The van der Waals surface area contributed by atoms with Gasteiger partial charge in [-0.1, -0.05) is 60.7 Å². The molecule has 0 radical (unpaired) electrons. The van der Waals surface area contributed by atoms with Gasteiger partial charge in [0, 0.05) is 0 Å².